The summed E-state index contributed by atoms with van der Waals surface area (Å²) in [4.78, 5) is 67.4. The van der Waals surface area contributed by atoms with Gasteiger partial charge in [-0.3, -0.25) is 14.4 Å². The van der Waals surface area contributed by atoms with Crippen molar-refractivity contribution >= 4 is 29.9 Å². The van der Waals surface area contributed by atoms with E-state index in [1.54, 1.807) is 34.6 Å². The molecule has 0 fully saturated rings. The molecular formula is C47H52N4O9. The molecule has 0 aliphatic heterocycles. The van der Waals surface area contributed by atoms with E-state index >= 15 is 0 Å². The summed E-state index contributed by atoms with van der Waals surface area (Å²) < 4.78 is 15.4. The molecule has 0 bridgehead atoms. The Labute approximate surface area is 350 Å². The van der Waals surface area contributed by atoms with Crippen LogP contribution >= 0.6 is 0 Å². The maximum absolute atomic E-state index is 12.7. The minimum Gasteiger partial charge on any atom is -0.477 e. The molecule has 13 nitrogen and oxygen atoms in total. The summed E-state index contributed by atoms with van der Waals surface area (Å²) in [7, 11) is 0. The first-order valence-electron chi connectivity index (χ1n) is 19.7. The fraction of sp³-hybridized carbons (Fsp3) is 0.298. The summed E-state index contributed by atoms with van der Waals surface area (Å²) in [6.45, 7) is 9.42. The molecule has 13 heteroatoms. The minimum absolute atomic E-state index is 0.0309. The van der Waals surface area contributed by atoms with Gasteiger partial charge in [0.05, 0.1) is 26.1 Å². The summed E-state index contributed by atoms with van der Waals surface area (Å²) in [5.74, 6) is -2.63. The predicted molar refractivity (Wildman–Crippen MR) is 227 cm³/mol. The average molecular weight is 817 g/mol. The molecule has 0 saturated carbocycles. The standard InChI is InChI=1S/C24H23N3O5.C23H29NO4/c1-2-32-22(28)13-19(27-23(29)20-14-21(24(30)31)26-15-25-20)12-16-8-10-18(11-9-16)17-6-4-3-5-7-17;1-5-27-21(25)16-20(24-22(26)28-23(2,3)4)15-17-11-13-19(14-12-17)18-9-7-6-8-10-18/h3-11,14-15,19H,2,12-13H2,1H3,(H,27,29)(H,30,31);6-14,20H,5,15-16H2,1-4H3,(H,24,26)/t19-;20-/m11/s1. The second-order valence-electron chi connectivity index (χ2n) is 14.7. The number of rotatable bonds is 16. The number of esters is 2. The van der Waals surface area contributed by atoms with Crippen molar-refractivity contribution in [1.82, 2.24) is 20.6 Å². The number of aromatic carboxylic acids is 1. The number of nitrogens with one attached hydrogen (secondary N) is 2. The Hall–Kier alpha value is -6.89. The van der Waals surface area contributed by atoms with E-state index in [1.165, 1.54) is 0 Å². The van der Waals surface area contributed by atoms with Gasteiger partial charge in [-0.25, -0.2) is 19.6 Å². The largest absolute Gasteiger partial charge is 0.477 e. The van der Waals surface area contributed by atoms with Gasteiger partial charge in [-0.15, -0.1) is 0 Å². The maximum atomic E-state index is 12.7. The number of carbonyl (C=O) groups excluding carboxylic acids is 4. The fourth-order valence-corrected chi connectivity index (χ4v) is 6.02. The Bertz CT molecular complexity index is 2160. The molecule has 1 aromatic heterocycles. The minimum atomic E-state index is -1.26. The normalized spacial score (nSPS) is 11.8. The quantitative estimate of drug-likeness (QED) is 0.0651. The molecule has 5 aromatic rings. The molecule has 0 aliphatic rings. The first kappa shape index (κ1) is 45.8. The van der Waals surface area contributed by atoms with Gasteiger partial charge in [0.15, 0.2) is 5.69 Å². The lowest BCUT2D eigenvalue weighted by atomic mass is 9.99. The molecule has 2 amide bonds. The van der Waals surface area contributed by atoms with Gasteiger partial charge in [-0.2, -0.15) is 0 Å². The summed E-state index contributed by atoms with van der Waals surface area (Å²) in [5.41, 5.74) is 5.37. The fourth-order valence-electron chi connectivity index (χ4n) is 6.02. The van der Waals surface area contributed by atoms with Crippen LogP contribution in [0.25, 0.3) is 22.3 Å². The van der Waals surface area contributed by atoms with Crippen LogP contribution in [-0.2, 0) is 36.6 Å². The number of hydrogen-bond acceptors (Lipinski definition) is 10. The van der Waals surface area contributed by atoms with E-state index < -0.39 is 41.6 Å². The van der Waals surface area contributed by atoms with Crippen molar-refractivity contribution < 1.29 is 43.3 Å². The number of carboxylic acid groups (broad SMARTS) is 1. The molecule has 3 N–H and O–H groups in total. The third kappa shape index (κ3) is 15.8. The van der Waals surface area contributed by atoms with E-state index in [-0.39, 0.29) is 36.8 Å². The Kier molecular flexibility index (Phi) is 17.5. The van der Waals surface area contributed by atoms with Crippen LogP contribution in [0.3, 0.4) is 0 Å². The Morgan fingerprint density at radius 2 is 1.02 bits per heavy atom. The highest BCUT2D eigenvalue weighted by atomic mass is 16.6. The molecule has 0 saturated heterocycles. The van der Waals surface area contributed by atoms with Crippen LogP contribution in [0.5, 0.6) is 0 Å². The first-order valence-corrected chi connectivity index (χ1v) is 19.7. The number of alkyl carbamates (subject to hydrolysis) is 1. The number of benzene rings is 4. The third-order valence-electron chi connectivity index (χ3n) is 8.70. The number of amides is 2. The number of hydrogen-bond donors (Lipinski definition) is 3. The zero-order valence-corrected chi connectivity index (χ0v) is 34.6. The molecule has 4 aromatic carbocycles. The number of nitrogens with zero attached hydrogens (tertiary/aromatic N) is 2. The number of carboxylic acids is 1. The van der Waals surface area contributed by atoms with Crippen molar-refractivity contribution in [2.75, 3.05) is 13.2 Å². The monoisotopic (exact) mass is 816 g/mol. The Morgan fingerprint density at radius 1 is 0.600 bits per heavy atom. The lowest BCUT2D eigenvalue weighted by Crippen LogP contribution is -2.41. The van der Waals surface area contributed by atoms with E-state index in [0.717, 1.165) is 45.8 Å². The highest BCUT2D eigenvalue weighted by molar-refractivity contribution is 5.95. The average Bonchev–Trinajstić information content (AvgIpc) is 3.21. The van der Waals surface area contributed by atoms with Gasteiger partial charge >= 0.3 is 24.0 Å². The van der Waals surface area contributed by atoms with Gasteiger partial charge in [0, 0.05) is 18.2 Å². The van der Waals surface area contributed by atoms with Gasteiger partial charge in [0.2, 0.25) is 0 Å². The van der Waals surface area contributed by atoms with Gasteiger partial charge in [-0.05, 0) is 80.8 Å². The SMILES string of the molecule is CCOC(=O)C[C@@H](Cc1ccc(-c2ccccc2)cc1)NC(=O)OC(C)(C)C.CCOC(=O)C[C@@H](Cc1ccc(-c2ccccc2)cc1)NC(=O)c1cc(C(=O)O)ncn1. The summed E-state index contributed by atoms with van der Waals surface area (Å²) >= 11 is 0. The number of carbonyl (C=O) groups is 5. The van der Waals surface area contributed by atoms with E-state index in [0.29, 0.717) is 19.4 Å². The van der Waals surface area contributed by atoms with Gasteiger partial charge < -0.3 is 30.0 Å². The molecule has 0 unspecified atom stereocenters. The van der Waals surface area contributed by atoms with Gasteiger partial charge in [0.1, 0.15) is 17.6 Å². The zero-order chi connectivity index (χ0) is 43.5. The molecular weight excluding hydrogens is 765 g/mol. The van der Waals surface area contributed by atoms with Crippen LogP contribution in [0, 0.1) is 0 Å². The lowest BCUT2D eigenvalue weighted by molar-refractivity contribution is -0.144. The second-order valence-corrected chi connectivity index (χ2v) is 14.7. The molecule has 314 valence electrons. The van der Waals surface area contributed by atoms with E-state index in [2.05, 4.69) is 32.7 Å². The van der Waals surface area contributed by atoms with Crippen LogP contribution in [0.1, 0.15) is 79.6 Å². The zero-order valence-electron chi connectivity index (χ0n) is 34.6. The van der Waals surface area contributed by atoms with Crippen molar-refractivity contribution in [1.29, 1.82) is 0 Å². The second kappa shape index (κ2) is 22.9. The van der Waals surface area contributed by atoms with Crippen LogP contribution in [0.15, 0.2) is 122 Å². The molecule has 0 spiro atoms. The maximum Gasteiger partial charge on any atom is 0.407 e. The molecule has 2 atom stereocenters. The van der Waals surface area contributed by atoms with Crippen LogP contribution in [0.4, 0.5) is 4.79 Å². The lowest BCUT2D eigenvalue weighted by Gasteiger charge is -2.23. The van der Waals surface area contributed by atoms with Crippen molar-refractivity contribution in [3.05, 3.63) is 144 Å². The summed E-state index contributed by atoms with van der Waals surface area (Å²) in [6.07, 6.45) is 1.43. The third-order valence-corrected chi connectivity index (χ3v) is 8.70. The van der Waals surface area contributed by atoms with Crippen molar-refractivity contribution in [3.63, 3.8) is 0 Å². The number of ether oxygens (including phenoxy) is 3. The molecule has 5 rings (SSSR count). The first-order chi connectivity index (χ1) is 28.7. The molecule has 0 radical (unpaired) electrons. The molecule has 0 aliphatic carbocycles. The van der Waals surface area contributed by atoms with Crippen molar-refractivity contribution in [2.45, 2.75) is 78.0 Å². The highest BCUT2D eigenvalue weighted by Gasteiger charge is 2.23. The van der Waals surface area contributed by atoms with Crippen molar-refractivity contribution in [3.8, 4) is 22.3 Å². The molecule has 1 heterocycles. The van der Waals surface area contributed by atoms with Gasteiger partial charge in [0.25, 0.3) is 5.91 Å². The van der Waals surface area contributed by atoms with Crippen LogP contribution in [-0.4, -0.2) is 75.9 Å². The Balaban J connectivity index is 0.000000267. The summed E-state index contributed by atoms with van der Waals surface area (Å²) in [5, 5.41) is 14.6. The summed E-state index contributed by atoms with van der Waals surface area (Å²) in [6, 6.07) is 36.1. The van der Waals surface area contributed by atoms with Gasteiger partial charge in [-0.1, -0.05) is 109 Å². The number of aromatic nitrogens is 2. The van der Waals surface area contributed by atoms with Crippen LogP contribution < -0.4 is 10.6 Å². The smallest absolute Gasteiger partial charge is 0.407 e. The van der Waals surface area contributed by atoms with Crippen molar-refractivity contribution in [2.24, 2.45) is 0 Å². The van der Waals surface area contributed by atoms with E-state index in [1.807, 2.05) is 97.1 Å². The van der Waals surface area contributed by atoms with E-state index in [9.17, 15) is 24.0 Å². The predicted octanol–water partition coefficient (Wildman–Crippen LogP) is 7.88. The molecule has 60 heavy (non-hydrogen) atoms. The topological polar surface area (TPSA) is 183 Å². The highest BCUT2D eigenvalue weighted by Crippen LogP contribution is 2.22. The van der Waals surface area contributed by atoms with Crippen LogP contribution in [0.2, 0.25) is 0 Å². The van der Waals surface area contributed by atoms with E-state index in [4.69, 9.17) is 19.3 Å². The Morgan fingerprint density at radius 3 is 1.43 bits per heavy atom.